The summed E-state index contributed by atoms with van der Waals surface area (Å²) >= 11 is 5.92. The summed E-state index contributed by atoms with van der Waals surface area (Å²) in [5.74, 6) is -0.231. The lowest BCUT2D eigenvalue weighted by Gasteiger charge is -2.32. The zero-order valence-corrected chi connectivity index (χ0v) is 22.1. The van der Waals surface area contributed by atoms with Crippen molar-refractivity contribution in [3.05, 3.63) is 101 Å². The van der Waals surface area contributed by atoms with Crippen molar-refractivity contribution in [1.29, 1.82) is 0 Å². The SMILES string of the molecule is CC[C@H](C)NC(=O)[C@H](Cc1ccccc1)N(Cc1ccccc1F)C(=O)CCCOc1ccc(Cl)cc1. The number of benzene rings is 3. The number of hydrogen-bond donors (Lipinski definition) is 1. The third-order valence-corrected chi connectivity index (χ3v) is 6.44. The van der Waals surface area contributed by atoms with Crippen LogP contribution in [0.3, 0.4) is 0 Å². The average Bonchev–Trinajstić information content (AvgIpc) is 2.91. The van der Waals surface area contributed by atoms with Crippen molar-refractivity contribution < 1.29 is 18.7 Å². The number of nitrogens with zero attached hydrogens (tertiary/aromatic N) is 1. The van der Waals surface area contributed by atoms with E-state index in [-0.39, 0.29) is 30.8 Å². The van der Waals surface area contributed by atoms with Crippen LogP contribution in [0.2, 0.25) is 5.02 Å². The second-order valence-corrected chi connectivity index (χ2v) is 9.48. The predicted molar refractivity (Wildman–Crippen MR) is 145 cm³/mol. The summed E-state index contributed by atoms with van der Waals surface area (Å²) in [6, 6.07) is 22.1. The van der Waals surface area contributed by atoms with Crippen LogP contribution in [0.15, 0.2) is 78.9 Å². The monoisotopic (exact) mass is 524 g/mol. The summed E-state index contributed by atoms with van der Waals surface area (Å²) in [5, 5.41) is 3.63. The van der Waals surface area contributed by atoms with Crippen molar-refractivity contribution in [3.63, 3.8) is 0 Å². The van der Waals surface area contributed by atoms with Gasteiger partial charge in [-0.2, -0.15) is 0 Å². The Morgan fingerprint density at radius 1 is 1.00 bits per heavy atom. The van der Waals surface area contributed by atoms with Crippen LogP contribution in [0.25, 0.3) is 0 Å². The van der Waals surface area contributed by atoms with Crippen LogP contribution >= 0.6 is 11.6 Å². The van der Waals surface area contributed by atoms with Crippen molar-refractivity contribution >= 4 is 23.4 Å². The predicted octanol–water partition coefficient (Wildman–Crippen LogP) is 6.19. The van der Waals surface area contributed by atoms with Gasteiger partial charge in [0.05, 0.1) is 6.61 Å². The Hall–Kier alpha value is -3.38. The van der Waals surface area contributed by atoms with E-state index in [0.717, 1.165) is 12.0 Å². The van der Waals surface area contributed by atoms with Gasteiger partial charge in [0.1, 0.15) is 17.6 Å². The number of hydrogen-bond acceptors (Lipinski definition) is 3. The maximum absolute atomic E-state index is 14.6. The van der Waals surface area contributed by atoms with Crippen LogP contribution in [-0.2, 0) is 22.6 Å². The summed E-state index contributed by atoms with van der Waals surface area (Å²) < 4.78 is 20.4. The quantitative estimate of drug-likeness (QED) is 0.271. The molecule has 37 heavy (non-hydrogen) atoms. The van der Waals surface area contributed by atoms with E-state index in [1.807, 2.05) is 44.2 Å². The molecule has 0 aliphatic carbocycles. The summed E-state index contributed by atoms with van der Waals surface area (Å²) in [6.07, 6.45) is 1.68. The number of halogens is 2. The standard InChI is InChI=1S/C30H34ClFN2O3/c1-3-22(2)33-30(36)28(20-23-10-5-4-6-11-23)34(21-24-12-7-8-13-27(24)32)29(35)14-9-19-37-26-17-15-25(31)16-18-26/h4-8,10-13,15-18,22,28H,3,9,14,19-21H2,1-2H3,(H,33,36)/t22-,28-/m0/s1. The summed E-state index contributed by atoms with van der Waals surface area (Å²) in [7, 11) is 0. The first-order chi connectivity index (χ1) is 17.9. The van der Waals surface area contributed by atoms with Crippen LogP contribution in [0.1, 0.15) is 44.2 Å². The van der Waals surface area contributed by atoms with Crippen LogP contribution < -0.4 is 10.1 Å². The summed E-state index contributed by atoms with van der Waals surface area (Å²) in [5.41, 5.74) is 1.28. The number of carbonyl (C=O) groups is 2. The van der Waals surface area contributed by atoms with Gasteiger partial charge in [0.2, 0.25) is 11.8 Å². The minimum absolute atomic E-state index is 0.00499. The molecule has 0 aliphatic heterocycles. The van der Waals surface area contributed by atoms with Crippen LogP contribution in [0.4, 0.5) is 4.39 Å². The molecule has 196 valence electrons. The van der Waals surface area contributed by atoms with E-state index in [1.54, 1.807) is 42.5 Å². The van der Waals surface area contributed by atoms with Crippen molar-refractivity contribution in [2.24, 2.45) is 0 Å². The van der Waals surface area contributed by atoms with Gasteiger partial charge in [-0.15, -0.1) is 0 Å². The lowest BCUT2D eigenvalue weighted by molar-refractivity contribution is -0.141. The Morgan fingerprint density at radius 2 is 1.68 bits per heavy atom. The lowest BCUT2D eigenvalue weighted by atomic mass is 10.0. The molecule has 1 N–H and O–H groups in total. The number of amides is 2. The molecule has 0 saturated heterocycles. The van der Waals surface area contributed by atoms with Crippen LogP contribution in [0.5, 0.6) is 5.75 Å². The Morgan fingerprint density at radius 3 is 2.35 bits per heavy atom. The first kappa shape index (κ1) is 28.2. The van der Waals surface area contributed by atoms with Gasteiger partial charge >= 0.3 is 0 Å². The molecule has 0 aliphatic rings. The van der Waals surface area contributed by atoms with Gasteiger partial charge in [-0.3, -0.25) is 9.59 Å². The van der Waals surface area contributed by atoms with Gasteiger partial charge in [-0.1, -0.05) is 67.1 Å². The maximum Gasteiger partial charge on any atom is 0.243 e. The topological polar surface area (TPSA) is 58.6 Å². The van der Waals surface area contributed by atoms with E-state index in [4.69, 9.17) is 16.3 Å². The zero-order chi connectivity index (χ0) is 26.6. The molecule has 0 aromatic heterocycles. The largest absolute Gasteiger partial charge is 0.494 e. The van der Waals surface area contributed by atoms with Gasteiger partial charge in [0.25, 0.3) is 0 Å². The molecular formula is C30H34ClFN2O3. The van der Waals surface area contributed by atoms with E-state index >= 15 is 0 Å². The molecule has 0 bridgehead atoms. The minimum atomic E-state index is -0.791. The summed E-state index contributed by atoms with van der Waals surface area (Å²) in [4.78, 5) is 28.5. The first-order valence-electron chi connectivity index (χ1n) is 12.6. The normalized spacial score (nSPS) is 12.4. The molecule has 3 rings (SSSR count). The molecular weight excluding hydrogens is 491 g/mol. The number of carbonyl (C=O) groups excluding carboxylic acids is 2. The zero-order valence-electron chi connectivity index (χ0n) is 21.3. The second kappa shape index (κ2) is 14.4. The highest BCUT2D eigenvalue weighted by Crippen LogP contribution is 2.19. The minimum Gasteiger partial charge on any atom is -0.494 e. The molecule has 0 radical (unpaired) electrons. The molecule has 2 atom stereocenters. The molecule has 0 spiro atoms. The fourth-order valence-corrected chi connectivity index (χ4v) is 4.02. The van der Waals surface area contributed by atoms with E-state index < -0.39 is 11.9 Å². The average molecular weight is 525 g/mol. The summed E-state index contributed by atoms with van der Waals surface area (Å²) in [6.45, 7) is 4.23. The van der Waals surface area contributed by atoms with Crippen molar-refractivity contribution in [2.45, 2.75) is 58.2 Å². The van der Waals surface area contributed by atoms with Crippen LogP contribution in [-0.4, -0.2) is 35.4 Å². The van der Waals surface area contributed by atoms with Gasteiger partial charge < -0.3 is 15.0 Å². The second-order valence-electron chi connectivity index (χ2n) is 9.04. The maximum atomic E-state index is 14.6. The highest BCUT2D eigenvalue weighted by Gasteiger charge is 2.31. The molecule has 3 aromatic rings. The van der Waals surface area contributed by atoms with Crippen molar-refractivity contribution in [2.75, 3.05) is 6.61 Å². The Labute approximate surface area is 223 Å². The van der Waals surface area contributed by atoms with E-state index in [9.17, 15) is 14.0 Å². The fourth-order valence-electron chi connectivity index (χ4n) is 3.89. The van der Waals surface area contributed by atoms with Crippen molar-refractivity contribution in [1.82, 2.24) is 10.2 Å². The molecule has 0 fully saturated rings. The number of ether oxygens (including phenoxy) is 1. The highest BCUT2D eigenvalue weighted by atomic mass is 35.5. The molecule has 0 unspecified atom stereocenters. The molecule has 0 saturated carbocycles. The molecule has 0 heterocycles. The van der Waals surface area contributed by atoms with Crippen LogP contribution in [0, 0.1) is 5.82 Å². The van der Waals surface area contributed by atoms with E-state index in [0.29, 0.717) is 35.8 Å². The van der Waals surface area contributed by atoms with E-state index in [1.165, 1.54) is 11.0 Å². The smallest absolute Gasteiger partial charge is 0.243 e. The number of rotatable bonds is 13. The Kier molecular flexibility index (Phi) is 11.0. The number of nitrogens with one attached hydrogen (secondary N) is 1. The Bertz CT molecular complexity index is 1140. The highest BCUT2D eigenvalue weighted by molar-refractivity contribution is 6.30. The first-order valence-corrected chi connectivity index (χ1v) is 13.0. The molecule has 7 heteroatoms. The third kappa shape index (κ3) is 8.90. The van der Waals surface area contributed by atoms with Crippen molar-refractivity contribution in [3.8, 4) is 5.75 Å². The Balaban J connectivity index is 1.80. The molecule has 5 nitrogen and oxygen atoms in total. The van der Waals surface area contributed by atoms with Gasteiger partial charge in [-0.05, 0) is 55.7 Å². The molecule has 3 aromatic carbocycles. The van der Waals surface area contributed by atoms with Gasteiger partial charge in [-0.25, -0.2) is 4.39 Å². The lowest BCUT2D eigenvalue weighted by Crippen LogP contribution is -2.52. The fraction of sp³-hybridized carbons (Fsp3) is 0.333. The molecule has 2 amide bonds. The van der Waals surface area contributed by atoms with Gasteiger partial charge in [0, 0.05) is 36.0 Å². The third-order valence-electron chi connectivity index (χ3n) is 6.19. The van der Waals surface area contributed by atoms with E-state index in [2.05, 4.69) is 5.32 Å². The van der Waals surface area contributed by atoms with Gasteiger partial charge in [0.15, 0.2) is 0 Å².